The van der Waals surface area contributed by atoms with Gasteiger partial charge in [0.15, 0.2) is 0 Å². The summed E-state index contributed by atoms with van der Waals surface area (Å²) >= 11 is 0. The van der Waals surface area contributed by atoms with Crippen LogP contribution in [0.3, 0.4) is 0 Å². The number of hydrogen-bond acceptors (Lipinski definition) is 4. The fourth-order valence-corrected chi connectivity index (χ4v) is 1.60. The van der Waals surface area contributed by atoms with E-state index in [1.54, 1.807) is 0 Å². The van der Waals surface area contributed by atoms with Crippen molar-refractivity contribution in [2.24, 2.45) is 5.73 Å². The zero-order chi connectivity index (χ0) is 12.0. The van der Waals surface area contributed by atoms with Gasteiger partial charge in [-0.1, -0.05) is 13.3 Å². The summed E-state index contributed by atoms with van der Waals surface area (Å²) in [6.07, 6.45) is 2.90. The quantitative estimate of drug-likeness (QED) is 0.523. The van der Waals surface area contributed by atoms with Crippen molar-refractivity contribution in [1.82, 2.24) is 4.90 Å². The number of amides is 2. The molecule has 0 aromatic carbocycles. The third-order valence-electron chi connectivity index (χ3n) is 2.65. The lowest BCUT2D eigenvalue weighted by molar-refractivity contribution is -0.150. The molecule has 1 aliphatic rings. The Morgan fingerprint density at radius 1 is 1.44 bits per heavy atom. The number of nitrogens with zero attached hydrogens (tertiary/aromatic N) is 1. The van der Waals surface area contributed by atoms with E-state index >= 15 is 0 Å². The molecule has 92 valence electrons. The average molecular weight is 228 g/mol. The SMILES string of the molecule is CCCCOCCN1C(=O)CCC(N)C1=O. The molecule has 0 aliphatic carbocycles. The van der Waals surface area contributed by atoms with E-state index in [0.29, 0.717) is 32.6 Å². The van der Waals surface area contributed by atoms with Gasteiger partial charge in [-0.05, 0) is 12.8 Å². The maximum Gasteiger partial charge on any atom is 0.246 e. The molecule has 2 amide bonds. The summed E-state index contributed by atoms with van der Waals surface area (Å²) in [4.78, 5) is 24.3. The van der Waals surface area contributed by atoms with Crippen LogP contribution in [0.2, 0.25) is 0 Å². The third kappa shape index (κ3) is 3.57. The highest BCUT2D eigenvalue weighted by atomic mass is 16.5. The van der Waals surface area contributed by atoms with Gasteiger partial charge < -0.3 is 10.5 Å². The number of hydrogen-bond donors (Lipinski definition) is 1. The second-order valence-electron chi connectivity index (χ2n) is 3.99. The summed E-state index contributed by atoms with van der Waals surface area (Å²) < 4.78 is 5.32. The van der Waals surface area contributed by atoms with Crippen molar-refractivity contribution in [3.63, 3.8) is 0 Å². The first-order chi connectivity index (χ1) is 7.66. The lowest BCUT2D eigenvalue weighted by atomic mass is 10.1. The van der Waals surface area contributed by atoms with Crippen LogP contribution in [0.15, 0.2) is 0 Å². The maximum atomic E-state index is 11.6. The van der Waals surface area contributed by atoms with Gasteiger partial charge in [-0.25, -0.2) is 0 Å². The molecule has 0 spiro atoms. The summed E-state index contributed by atoms with van der Waals surface area (Å²) in [6, 6.07) is -0.520. The Morgan fingerprint density at radius 2 is 2.19 bits per heavy atom. The lowest BCUT2D eigenvalue weighted by Crippen LogP contribution is -2.52. The van der Waals surface area contributed by atoms with E-state index < -0.39 is 6.04 Å². The monoisotopic (exact) mass is 228 g/mol. The first kappa shape index (κ1) is 13.1. The van der Waals surface area contributed by atoms with Crippen LogP contribution in [0.4, 0.5) is 0 Å². The molecular weight excluding hydrogens is 208 g/mol. The number of imide groups is 1. The molecule has 0 aromatic heterocycles. The number of nitrogens with two attached hydrogens (primary N) is 1. The maximum absolute atomic E-state index is 11.6. The second kappa shape index (κ2) is 6.60. The van der Waals surface area contributed by atoms with E-state index in [0.717, 1.165) is 12.8 Å². The molecule has 0 aromatic rings. The number of likely N-dealkylation sites (tertiary alicyclic amines) is 1. The van der Waals surface area contributed by atoms with Crippen LogP contribution < -0.4 is 5.73 Å². The zero-order valence-electron chi connectivity index (χ0n) is 9.78. The van der Waals surface area contributed by atoms with E-state index in [9.17, 15) is 9.59 Å². The third-order valence-corrected chi connectivity index (χ3v) is 2.65. The van der Waals surface area contributed by atoms with Crippen LogP contribution in [0.25, 0.3) is 0 Å². The Kier molecular flexibility index (Phi) is 5.42. The van der Waals surface area contributed by atoms with Crippen LogP contribution in [-0.2, 0) is 14.3 Å². The molecule has 1 aliphatic heterocycles. The van der Waals surface area contributed by atoms with E-state index in [1.807, 2.05) is 0 Å². The van der Waals surface area contributed by atoms with Gasteiger partial charge in [-0.2, -0.15) is 0 Å². The molecular formula is C11H20N2O3. The minimum absolute atomic E-state index is 0.134. The molecule has 16 heavy (non-hydrogen) atoms. The van der Waals surface area contributed by atoms with Crippen LogP contribution in [0.1, 0.15) is 32.6 Å². The van der Waals surface area contributed by atoms with Crippen molar-refractivity contribution < 1.29 is 14.3 Å². The molecule has 5 heteroatoms. The van der Waals surface area contributed by atoms with Crippen LogP contribution in [0.5, 0.6) is 0 Å². The Morgan fingerprint density at radius 3 is 2.88 bits per heavy atom. The fourth-order valence-electron chi connectivity index (χ4n) is 1.60. The minimum atomic E-state index is -0.520. The van der Waals surface area contributed by atoms with Gasteiger partial charge in [-0.15, -0.1) is 0 Å². The number of unbranched alkanes of at least 4 members (excludes halogenated alkanes) is 1. The topological polar surface area (TPSA) is 72.6 Å². The van der Waals surface area contributed by atoms with E-state index in [2.05, 4.69) is 6.92 Å². The summed E-state index contributed by atoms with van der Waals surface area (Å²) in [5.74, 6) is -0.402. The van der Waals surface area contributed by atoms with E-state index in [4.69, 9.17) is 10.5 Å². The lowest BCUT2D eigenvalue weighted by Gasteiger charge is -2.28. The summed E-state index contributed by atoms with van der Waals surface area (Å²) in [5.41, 5.74) is 5.60. The van der Waals surface area contributed by atoms with Crippen molar-refractivity contribution in [3.8, 4) is 0 Å². The number of carbonyl (C=O) groups excluding carboxylic acids is 2. The van der Waals surface area contributed by atoms with Crippen molar-refractivity contribution in [3.05, 3.63) is 0 Å². The molecule has 0 saturated carbocycles. The van der Waals surface area contributed by atoms with Gasteiger partial charge >= 0.3 is 0 Å². The van der Waals surface area contributed by atoms with Gasteiger partial charge in [0.1, 0.15) is 0 Å². The van der Waals surface area contributed by atoms with Crippen LogP contribution in [0, 0.1) is 0 Å². The normalized spacial score (nSPS) is 21.6. The standard InChI is InChI=1S/C11H20N2O3/c1-2-3-7-16-8-6-13-10(14)5-4-9(12)11(13)15/h9H,2-8,12H2,1H3. The molecule has 1 unspecified atom stereocenters. The van der Waals surface area contributed by atoms with Crippen molar-refractivity contribution in [2.45, 2.75) is 38.6 Å². The highest BCUT2D eigenvalue weighted by Gasteiger charge is 2.31. The molecule has 0 radical (unpaired) electrons. The first-order valence-electron chi connectivity index (χ1n) is 5.84. The van der Waals surface area contributed by atoms with Crippen LogP contribution in [-0.4, -0.2) is 42.5 Å². The Balaban J connectivity index is 2.28. The minimum Gasteiger partial charge on any atom is -0.380 e. The summed E-state index contributed by atoms with van der Waals surface area (Å²) in [6.45, 7) is 3.50. The molecule has 1 rings (SSSR count). The van der Waals surface area contributed by atoms with Crippen molar-refractivity contribution >= 4 is 11.8 Å². The molecule has 0 bridgehead atoms. The predicted octanol–water partition coefficient (Wildman–Crippen LogP) is 0.279. The first-order valence-corrected chi connectivity index (χ1v) is 5.84. The summed E-state index contributed by atoms with van der Waals surface area (Å²) in [5, 5.41) is 0. The molecule has 5 nitrogen and oxygen atoms in total. The number of ether oxygens (including phenoxy) is 1. The number of carbonyl (C=O) groups is 2. The predicted molar refractivity (Wildman–Crippen MR) is 59.7 cm³/mol. The van der Waals surface area contributed by atoms with Gasteiger partial charge in [0.2, 0.25) is 11.8 Å². The molecule has 1 saturated heterocycles. The van der Waals surface area contributed by atoms with Gasteiger partial charge in [0.25, 0.3) is 0 Å². The molecule has 2 N–H and O–H groups in total. The molecule has 1 fully saturated rings. The second-order valence-corrected chi connectivity index (χ2v) is 3.99. The fraction of sp³-hybridized carbons (Fsp3) is 0.818. The highest BCUT2D eigenvalue weighted by molar-refractivity contribution is 6.00. The van der Waals surface area contributed by atoms with Gasteiger partial charge in [0, 0.05) is 13.0 Å². The van der Waals surface area contributed by atoms with E-state index in [1.165, 1.54) is 4.90 Å². The highest BCUT2D eigenvalue weighted by Crippen LogP contribution is 2.11. The molecule has 1 heterocycles. The van der Waals surface area contributed by atoms with Crippen molar-refractivity contribution in [2.75, 3.05) is 19.8 Å². The summed E-state index contributed by atoms with van der Waals surface area (Å²) in [7, 11) is 0. The number of piperidine rings is 1. The van der Waals surface area contributed by atoms with Gasteiger partial charge in [0.05, 0.1) is 19.2 Å². The molecule has 1 atom stereocenters. The Bertz CT molecular complexity index is 256. The Hall–Kier alpha value is -0.940. The van der Waals surface area contributed by atoms with E-state index in [-0.39, 0.29) is 11.8 Å². The van der Waals surface area contributed by atoms with Gasteiger partial charge in [-0.3, -0.25) is 14.5 Å². The smallest absolute Gasteiger partial charge is 0.246 e. The Labute approximate surface area is 95.9 Å². The number of rotatable bonds is 6. The zero-order valence-corrected chi connectivity index (χ0v) is 9.78. The largest absolute Gasteiger partial charge is 0.380 e. The van der Waals surface area contributed by atoms with Crippen molar-refractivity contribution in [1.29, 1.82) is 0 Å². The average Bonchev–Trinajstić information content (AvgIpc) is 2.28. The van der Waals surface area contributed by atoms with Crippen LogP contribution >= 0.6 is 0 Å².